The molecule has 0 saturated heterocycles. The number of benzene rings is 1. The molecule has 1 aromatic carbocycles. The number of rotatable bonds is 1. The van der Waals surface area contributed by atoms with Crippen molar-refractivity contribution < 1.29 is 4.39 Å². The predicted molar refractivity (Wildman–Crippen MR) is 69.0 cm³/mol. The smallest absolute Gasteiger partial charge is 0.134 e. The Balaban J connectivity index is 2.24. The van der Waals surface area contributed by atoms with Crippen molar-refractivity contribution in [2.45, 2.75) is 13.0 Å². The van der Waals surface area contributed by atoms with Crippen LogP contribution in [0, 0.1) is 5.82 Å². The zero-order chi connectivity index (χ0) is 12.7. The van der Waals surface area contributed by atoms with Gasteiger partial charge >= 0.3 is 0 Å². The molecule has 1 aliphatic rings. The summed E-state index contributed by atoms with van der Waals surface area (Å²) in [6.45, 7) is 1.64. The topological polar surface area (TPSA) is 29.9 Å². The van der Waals surface area contributed by atoms with Crippen molar-refractivity contribution in [2.75, 3.05) is 6.54 Å². The number of halogens is 2. The highest BCUT2D eigenvalue weighted by molar-refractivity contribution is 6.33. The van der Waals surface area contributed by atoms with Gasteiger partial charge in [-0.15, -0.1) is 0 Å². The van der Waals surface area contributed by atoms with E-state index in [2.05, 4.69) is 10.4 Å². The van der Waals surface area contributed by atoms with Crippen LogP contribution in [-0.4, -0.2) is 16.3 Å². The summed E-state index contributed by atoms with van der Waals surface area (Å²) in [6, 6.07) is 4.71. The van der Waals surface area contributed by atoms with E-state index in [-0.39, 0.29) is 5.82 Å². The van der Waals surface area contributed by atoms with Crippen molar-refractivity contribution in [3.63, 3.8) is 0 Å². The van der Waals surface area contributed by atoms with Crippen molar-refractivity contribution in [1.29, 1.82) is 0 Å². The number of fused-ring (bicyclic) bond motifs is 1. The highest BCUT2D eigenvalue weighted by Gasteiger charge is 2.23. The van der Waals surface area contributed by atoms with Crippen LogP contribution in [0.2, 0.25) is 5.02 Å². The first-order chi connectivity index (χ1) is 8.68. The maximum Gasteiger partial charge on any atom is 0.134 e. The summed E-state index contributed by atoms with van der Waals surface area (Å²) < 4.78 is 15.8. The van der Waals surface area contributed by atoms with Crippen LogP contribution >= 0.6 is 11.6 Å². The van der Waals surface area contributed by atoms with Crippen molar-refractivity contribution in [1.82, 2.24) is 15.1 Å². The molecule has 3 nitrogen and oxygen atoms in total. The van der Waals surface area contributed by atoms with Gasteiger partial charge in [0, 0.05) is 37.8 Å². The standard InChI is InChI=1S/C13H13ClFN3/c1-18-11-5-6-16-7-8(11)13(17-18)12-9(14)3-2-4-10(12)15/h2-4,16H,5-7H2,1H3. The molecule has 2 aromatic rings. The van der Waals surface area contributed by atoms with Crippen LogP contribution in [-0.2, 0) is 20.0 Å². The molecule has 0 radical (unpaired) electrons. The van der Waals surface area contributed by atoms with Gasteiger partial charge < -0.3 is 5.32 Å². The Morgan fingerprint density at radius 2 is 2.28 bits per heavy atom. The normalized spacial score (nSPS) is 14.6. The van der Waals surface area contributed by atoms with Gasteiger partial charge in [0.05, 0.1) is 10.6 Å². The summed E-state index contributed by atoms with van der Waals surface area (Å²) in [5.41, 5.74) is 3.27. The maximum atomic E-state index is 14.0. The van der Waals surface area contributed by atoms with Crippen molar-refractivity contribution in [3.8, 4) is 11.3 Å². The minimum Gasteiger partial charge on any atom is -0.312 e. The van der Waals surface area contributed by atoms with Gasteiger partial charge in [-0.3, -0.25) is 4.68 Å². The minimum absolute atomic E-state index is 0.325. The van der Waals surface area contributed by atoms with Crippen LogP contribution in [0.3, 0.4) is 0 Å². The lowest BCUT2D eigenvalue weighted by Crippen LogP contribution is -2.24. The monoisotopic (exact) mass is 265 g/mol. The van der Waals surface area contributed by atoms with E-state index < -0.39 is 0 Å². The van der Waals surface area contributed by atoms with Gasteiger partial charge in [-0.2, -0.15) is 5.10 Å². The highest BCUT2D eigenvalue weighted by Crippen LogP contribution is 2.34. The van der Waals surface area contributed by atoms with Crippen LogP contribution in [0.25, 0.3) is 11.3 Å². The first-order valence-electron chi connectivity index (χ1n) is 5.88. The zero-order valence-electron chi connectivity index (χ0n) is 10.0. The van der Waals surface area contributed by atoms with Gasteiger partial charge in [0.25, 0.3) is 0 Å². The third-order valence-electron chi connectivity index (χ3n) is 3.31. The molecule has 0 bridgehead atoms. The molecule has 0 fully saturated rings. The summed E-state index contributed by atoms with van der Waals surface area (Å²) in [4.78, 5) is 0. The maximum absolute atomic E-state index is 14.0. The van der Waals surface area contributed by atoms with E-state index in [9.17, 15) is 4.39 Å². The second-order valence-electron chi connectivity index (χ2n) is 4.42. The van der Waals surface area contributed by atoms with Gasteiger partial charge in [0.15, 0.2) is 0 Å². The molecule has 1 aliphatic heterocycles. The summed E-state index contributed by atoms with van der Waals surface area (Å²) in [7, 11) is 1.89. The molecule has 1 aromatic heterocycles. The van der Waals surface area contributed by atoms with Crippen LogP contribution in [0.5, 0.6) is 0 Å². The number of hydrogen-bond acceptors (Lipinski definition) is 2. The summed E-state index contributed by atoms with van der Waals surface area (Å²) in [5, 5.41) is 8.13. The van der Waals surface area contributed by atoms with Gasteiger partial charge in [-0.1, -0.05) is 17.7 Å². The molecule has 18 heavy (non-hydrogen) atoms. The number of nitrogens with zero attached hydrogens (tertiary/aromatic N) is 2. The molecule has 0 atom stereocenters. The Kier molecular flexibility index (Phi) is 2.84. The molecule has 0 aliphatic carbocycles. The van der Waals surface area contributed by atoms with E-state index >= 15 is 0 Å². The molecule has 5 heteroatoms. The fraction of sp³-hybridized carbons (Fsp3) is 0.308. The SMILES string of the molecule is Cn1nc(-c2c(F)cccc2Cl)c2c1CCNC2. The van der Waals surface area contributed by atoms with Crippen molar-refractivity contribution in [2.24, 2.45) is 7.05 Å². The fourth-order valence-corrected chi connectivity index (χ4v) is 2.70. The Hall–Kier alpha value is -1.39. The molecular weight excluding hydrogens is 253 g/mol. The van der Waals surface area contributed by atoms with Crippen LogP contribution in [0.15, 0.2) is 18.2 Å². The number of aromatic nitrogens is 2. The van der Waals surface area contributed by atoms with E-state index in [1.807, 2.05) is 11.7 Å². The summed E-state index contributed by atoms with van der Waals surface area (Å²) in [5.74, 6) is -0.325. The van der Waals surface area contributed by atoms with Gasteiger partial charge in [-0.05, 0) is 12.1 Å². The first kappa shape index (κ1) is 11.7. The van der Waals surface area contributed by atoms with E-state index in [1.165, 1.54) is 6.07 Å². The number of nitrogens with one attached hydrogen (secondary N) is 1. The number of aryl methyl sites for hydroxylation is 1. The molecule has 3 rings (SSSR count). The quantitative estimate of drug-likeness (QED) is 0.859. The second-order valence-corrected chi connectivity index (χ2v) is 4.83. The molecule has 0 unspecified atom stereocenters. The minimum atomic E-state index is -0.325. The number of hydrogen-bond donors (Lipinski definition) is 1. The van der Waals surface area contributed by atoms with Gasteiger partial charge in [0.1, 0.15) is 11.5 Å². The fourth-order valence-electron chi connectivity index (χ4n) is 2.45. The lowest BCUT2D eigenvalue weighted by molar-refractivity contribution is 0.604. The summed E-state index contributed by atoms with van der Waals surface area (Å²) >= 11 is 6.11. The Morgan fingerprint density at radius 3 is 3.06 bits per heavy atom. The average molecular weight is 266 g/mol. The zero-order valence-corrected chi connectivity index (χ0v) is 10.8. The van der Waals surface area contributed by atoms with Crippen molar-refractivity contribution >= 4 is 11.6 Å². The first-order valence-corrected chi connectivity index (χ1v) is 6.26. The molecule has 1 N–H and O–H groups in total. The van der Waals surface area contributed by atoms with Gasteiger partial charge in [0.2, 0.25) is 0 Å². The van der Waals surface area contributed by atoms with E-state index in [4.69, 9.17) is 11.6 Å². The van der Waals surface area contributed by atoms with E-state index in [1.54, 1.807) is 12.1 Å². The average Bonchev–Trinajstić information content (AvgIpc) is 2.68. The highest BCUT2D eigenvalue weighted by atomic mass is 35.5. The largest absolute Gasteiger partial charge is 0.312 e. The molecule has 0 saturated carbocycles. The molecule has 0 spiro atoms. The third kappa shape index (κ3) is 1.72. The Bertz CT molecular complexity index is 586. The van der Waals surface area contributed by atoms with Crippen LogP contribution < -0.4 is 5.32 Å². The lowest BCUT2D eigenvalue weighted by Gasteiger charge is -2.14. The third-order valence-corrected chi connectivity index (χ3v) is 3.63. The lowest BCUT2D eigenvalue weighted by atomic mass is 10.0. The van der Waals surface area contributed by atoms with Crippen molar-refractivity contribution in [3.05, 3.63) is 40.3 Å². The predicted octanol–water partition coefficient (Wildman–Crippen LogP) is 2.53. The Morgan fingerprint density at radius 1 is 1.44 bits per heavy atom. The van der Waals surface area contributed by atoms with Gasteiger partial charge in [-0.25, -0.2) is 4.39 Å². The van der Waals surface area contributed by atoms with Crippen LogP contribution in [0.4, 0.5) is 4.39 Å². The Labute approximate surface area is 110 Å². The molecule has 2 heterocycles. The second kappa shape index (κ2) is 4.37. The molecule has 0 amide bonds. The molecule has 94 valence electrons. The van der Waals surface area contributed by atoms with Crippen LogP contribution in [0.1, 0.15) is 11.3 Å². The van der Waals surface area contributed by atoms with E-state index in [0.29, 0.717) is 22.8 Å². The summed E-state index contributed by atoms with van der Waals surface area (Å²) in [6.07, 6.45) is 0.908. The molecular formula is C13H13ClFN3. The van der Waals surface area contributed by atoms with E-state index in [0.717, 1.165) is 24.2 Å².